The molecule has 1 heterocycles. The molecule has 0 amide bonds. The van der Waals surface area contributed by atoms with E-state index in [0.717, 1.165) is 29.8 Å². The van der Waals surface area contributed by atoms with E-state index in [2.05, 4.69) is 4.90 Å². The standard InChI is InChI=1S/C18H19NO3/c20-18(21)16-8-4-7-15(14-5-2-1-3-6-14)17(16)13-19-9-11-22-12-10-19/h1-8H,9-13H2,(H,20,21). The second-order valence-corrected chi connectivity index (χ2v) is 5.39. The van der Waals surface area contributed by atoms with Crippen LogP contribution < -0.4 is 0 Å². The van der Waals surface area contributed by atoms with E-state index >= 15 is 0 Å². The van der Waals surface area contributed by atoms with Gasteiger partial charge in [0.1, 0.15) is 0 Å². The molecule has 22 heavy (non-hydrogen) atoms. The van der Waals surface area contributed by atoms with E-state index in [1.165, 1.54) is 0 Å². The van der Waals surface area contributed by atoms with Crippen LogP contribution in [0.15, 0.2) is 48.5 Å². The Balaban J connectivity index is 2.01. The van der Waals surface area contributed by atoms with Gasteiger partial charge in [-0.05, 0) is 22.8 Å². The monoisotopic (exact) mass is 297 g/mol. The van der Waals surface area contributed by atoms with Crippen LogP contribution in [0.25, 0.3) is 11.1 Å². The maximum atomic E-state index is 11.6. The van der Waals surface area contributed by atoms with Gasteiger partial charge in [0.05, 0.1) is 18.8 Å². The molecule has 0 atom stereocenters. The van der Waals surface area contributed by atoms with Gasteiger partial charge < -0.3 is 9.84 Å². The van der Waals surface area contributed by atoms with Gasteiger partial charge in [-0.2, -0.15) is 0 Å². The summed E-state index contributed by atoms with van der Waals surface area (Å²) in [4.78, 5) is 13.9. The van der Waals surface area contributed by atoms with Crippen LogP contribution in [0.5, 0.6) is 0 Å². The number of carboxylic acid groups (broad SMARTS) is 1. The zero-order chi connectivity index (χ0) is 15.4. The van der Waals surface area contributed by atoms with E-state index in [-0.39, 0.29) is 0 Å². The molecule has 0 spiro atoms. The van der Waals surface area contributed by atoms with Crippen LogP contribution in [0.2, 0.25) is 0 Å². The highest BCUT2D eigenvalue weighted by atomic mass is 16.5. The van der Waals surface area contributed by atoms with Crippen LogP contribution >= 0.6 is 0 Å². The molecule has 0 saturated carbocycles. The highest BCUT2D eigenvalue weighted by Gasteiger charge is 2.19. The van der Waals surface area contributed by atoms with E-state index in [0.29, 0.717) is 25.3 Å². The zero-order valence-corrected chi connectivity index (χ0v) is 12.4. The third-order valence-electron chi connectivity index (χ3n) is 3.98. The summed E-state index contributed by atoms with van der Waals surface area (Å²) >= 11 is 0. The third kappa shape index (κ3) is 3.18. The van der Waals surface area contributed by atoms with Gasteiger partial charge in [0.25, 0.3) is 0 Å². The molecule has 4 nitrogen and oxygen atoms in total. The molecule has 114 valence electrons. The minimum atomic E-state index is -0.874. The first kappa shape index (κ1) is 14.8. The van der Waals surface area contributed by atoms with Crippen molar-refractivity contribution in [1.29, 1.82) is 0 Å². The number of carbonyl (C=O) groups is 1. The second kappa shape index (κ2) is 6.73. The Hall–Kier alpha value is -2.17. The first-order valence-electron chi connectivity index (χ1n) is 7.46. The van der Waals surface area contributed by atoms with E-state index < -0.39 is 5.97 Å². The summed E-state index contributed by atoms with van der Waals surface area (Å²) < 4.78 is 5.37. The Kier molecular flexibility index (Phi) is 4.51. The molecule has 1 fully saturated rings. The van der Waals surface area contributed by atoms with Gasteiger partial charge in [0.2, 0.25) is 0 Å². The lowest BCUT2D eigenvalue weighted by Crippen LogP contribution is -2.36. The lowest BCUT2D eigenvalue weighted by atomic mass is 9.95. The van der Waals surface area contributed by atoms with Crippen molar-refractivity contribution in [3.05, 3.63) is 59.7 Å². The Bertz CT molecular complexity index is 649. The molecule has 1 aliphatic rings. The predicted octanol–water partition coefficient (Wildman–Crippen LogP) is 2.88. The van der Waals surface area contributed by atoms with E-state index in [1.54, 1.807) is 6.07 Å². The quantitative estimate of drug-likeness (QED) is 0.942. The number of hydrogen-bond acceptors (Lipinski definition) is 3. The summed E-state index contributed by atoms with van der Waals surface area (Å²) in [6, 6.07) is 15.4. The van der Waals surface area contributed by atoms with Gasteiger partial charge in [0.15, 0.2) is 0 Å². The third-order valence-corrected chi connectivity index (χ3v) is 3.98. The van der Waals surface area contributed by atoms with Crippen molar-refractivity contribution in [1.82, 2.24) is 4.90 Å². The maximum absolute atomic E-state index is 11.6. The van der Waals surface area contributed by atoms with Gasteiger partial charge in [-0.1, -0.05) is 42.5 Å². The lowest BCUT2D eigenvalue weighted by Gasteiger charge is -2.28. The van der Waals surface area contributed by atoms with E-state index in [1.807, 2.05) is 42.5 Å². The number of aromatic carboxylic acids is 1. The molecule has 1 N–H and O–H groups in total. The Labute approximate surface area is 130 Å². The summed E-state index contributed by atoms with van der Waals surface area (Å²) in [5.41, 5.74) is 3.30. The summed E-state index contributed by atoms with van der Waals surface area (Å²) in [6.45, 7) is 3.71. The molecular weight excluding hydrogens is 278 g/mol. The van der Waals surface area contributed by atoms with Crippen molar-refractivity contribution in [2.75, 3.05) is 26.3 Å². The Morgan fingerprint density at radius 3 is 2.45 bits per heavy atom. The SMILES string of the molecule is O=C(O)c1cccc(-c2ccccc2)c1CN1CCOCC1. The van der Waals surface area contributed by atoms with Crippen LogP contribution in [0.3, 0.4) is 0 Å². The number of benzene rings is 2. The van der Waals surface area contributed by atoms with Gasteiger partial charge in [-0.15, -0.1) is 0 Å². The molecule has 0 aromatic heterocycles. The first-order valence-corrected chi connectivity index (χ1v) is 7.46. The highest BCUT2D eigenvalue weighted by molar-refractivity contribution is 5.92. The van der Waals surface area contributed by atoms with Crippen LogP contribution in [0, 0.1) is 0 Å². The van der Waals surface area contributed by atoms with Gasteiger partial charge in [-0.25, -0.2) is 4.79 Å². The van der Waals surface area contributed by atoms with Crippen molar-refractivity contribution in [2.45, 2.75) is 6.54 Å². The number of morpholine rings is 1. The van der Waals surface area contributed by atoms with Crippen molar-refractivity contribution in [2.24, 2.45) is 0 Å². The minimum absolute atomic E-state index is 0.382. The normalized spacial score (nSPS) is 15.6. The lowest BCUT2D eigenvalue weighted by molar-refractivity contribution is 0.0340. The van der Waals surface area contributed by atoms with Crippen LogP contribution in [-0.2, 0) is 11.3 Å². The largest absolute Gasteiger partial charge is 0.478 e. The van der Waals surface area contributed by atoms with Crippen molar-refractivity contribution in [3.63, 3.8) is 0 Å². The smallest absolute Gasteiger partial charge is 0.336 e. The minimum Gasteiger partial charge on any atom is -0.478 e. The maximum Gasteiger partial charge on any atom is 0.336 e. The number of ether oxygens (including phenoxy) is 1. The summed E-state index contributed by atoms with van der Waals surface area (Å²) in [7, 11) is 0. The van der Waals surface area contributed by atoms with Crippen molar-refractivity contribution >= 4 is 5.97 Å². The van der Waals surface area contributed by atoms with Gasteiger partial charge >= 0.3 is 5.97 Å². The molecular formula is C18H19NO3. The fourth-order valence-electron chi connectivity index (χ4n) is 2.83. The topological polar surface area (TPSA) is 49.8 Å². The van der Waals surface area contributed by atoms with Crippen molar-refractivity contribution in [3.8, 4) is 11.1 Å². The van der Waals surface area contributed by atoms with Crippen LogP contribution in [0.4, 0.5) is 0 Å². The van der Waals surface area contributed by atoms with Gasteiger partial charge in [0, 0.05) is 19.6 Å². The summed E-state index contributed by atoms with van der Waals surface area (Å²) in [5, 5.41) is 9.52. The Morgan fingerprint density at radius 1 is 1.05 bits per heavy atom. The molecule has 1 saturated heterocycles. The van der Waals surface area contributed by atoms with E-state index in [9.17, 15) is 9.90 Å². The molecule has 2 aromatic carbocycles. The predicted molar refractivity (Wildman–Crippen MR) is 84.9 cm³/mol. The van der Waals surface area contributed by atoms with Gasteiger partial charge in [-0.3, -0.25) is 4.90 Å². The first-order chi connectivity index (χ1) is 10.8. The number of nitrogens with zero attached hydrogens (tertiary/aromatic N) is 1. The highest BCUT2D eigenvalue weighted by Crippen LogP contribution is 2.28. The van der Waals surface area contributed by atoms with Crippen LogP contribution in [0.1, 0.15) is 15.9 Å². The molecule has 4 heteroatoms. The zero-order valence-electron chi connectivity index (χ0n) is 12.4. The van der Waals surface area contributed by atoms with E-state index in [4.69, 9.17) is 4.74 Å². The molecule has 1 aliphatic heterocycles. The number of carboxylic acids is 1. The molecule has 0 unspecified atom stereocenters. The average Bonchev–Trinajstić information content (AvgIpc) is 2.56. The number of hydrogen-bond donors (Lipinski definition) is 1. The molecule has 0 radical (unpaired) electrons. The fraction of sp³-hybridized carbons (Fsp3) is 0.278. The fourth-order valence-corrected chi connectivity index (χ4v) is 2.83. The van der Waals surface area contributed by atoms with Crippen LogP contribution in [-0.4, -0.2) is 42.3 Å². The summed E-state index contributed by atoms with van der Waals surface area (Å²) in [6.07, 6.45) is 0. The molecule has 0 bridgehead atoms. The average molecular weight is 297 g/mol. The summed E-state index contributed by atoms with van der Waals surface area (Å²) in [5.74, 6) is -0.874. The second-order valence-electron chi connectivity index (χ2n) is 5.39. The molecule has 0 aliphatic carbocycles. The molecule has 2 aromatic rings. The van der Waals surface area contributed by atoms with Crippen molar-refractivity contribution < 1.29 is 14.6 Å². The molecule has 3 rings (SSSR count). The number of rotatable bonds is 4. The Morgan fingerprint density at radius 2 is 1.77 bits per heavy atom.